The molecule has 0 heterocycles. The van der Waals surface area contributed by atoms with Crippen molar-refractivity contribution in [1.29, 1.82) is 0 Å². The Morgan fingerprint density at radius 2 is 1.38 bits per heavy atom. The molecule has 2 amide bonds. The molecular weight excluding hydrogens is 302 g/mol. The lowest BCUT2D eigenvalue weighted by molar-refractivity contribution is 0.0919. The highest BCUT2D eigenvalue weighted by molar-refractivity contribution is 6.04. The van der Waals surface area contributed by atoms with Gasteiger partial charge in [0.15, 0.2) is 0 Å². The molecule has 5 nitrogen and oxygen atoms in total. The SMILES string of the molecule is CC(C)(C)NC(=O)c1ccc(NC(=O)c2ccc(CN)cc2)cc1. The van der Waals surface area contributed by atoms with Gasteiger partial charge < -0.3 is 16.4 Å². The summed E-state index contributed by atoms with van der Waals surface area (Å²) in [5.74, 6) is -0.344. The zero-order valence-corrected chi connectivity index (χ0v) is 14.2. The average Bonchev–Trinajstić information content (AvgIpc) is 2.54. The Kier molecular flexibility index (Phi) is 5.36. The normalized spacial score (nSPS) is 11.0. The van der Waals surface area contributed by atoms with E-state index < -0.39 is 0 Å². The number of hydrogen-bond donors (Lipinski definition) is 3. The summed E-state index contributed by atoms with van der Waals surface area (Å²) in [6, 6.07) is 13.9. The molecule has 0 aliphatic heterocycles. The van der Waals surface area contributed by atoms with Crippen LogP contribution in [0.5, 0.6) is 0 Å². The fourth-order valence-electron chi connectivity index (χ4n) is 2.11. The van der Waals surface area contributed by atoms with Gasteiger partial charge in [-0.1, -0.05) is 12.1 Å². The number of hydrogen-bond acceptors (Lipinski definition) is 3. The first-order chi connectivity index (χ1) is 11.3. The number of carbonyl (C=O) groups excluding carboxylic acids is 2. The first-order valence-electron chi connectivity index (χ1n) is 7.81. The molecule has 2 rings (SSSR count). The van der Waals surface area contributed by atoms with Crippen molar-refractivity contribution in [2.24, 2.45) is 5.73 Å². The van der Waals surface area contributed by atoms with Crippen LogP contribution in [-0.4, -0.2) is 17.4 Å². The predicted molar refractivity (Wildman–Crippen MR) is 95.9 cm³/mol. The fourth-order valence-corrected chi connectivity index (χ4v) is 2.11. The van der Waals surface area contributed by atoms with E-state index in [0.717, 1.165) is 5.56 Å². The van der Waals surface area contributed by atoms with Crippen molar-refractivity contribution in [3.63, 3.8) is 0 Å². The minimum absolute atomic E-state index is 0.141. The number of carbonyl (C=O) groups is 2. The lowest BCUT2D eigenvalue weighted by atomic mass is 10.1. The van der Waals surface area contributed by atoms with Crippen LogP contribution in [0.1, 0.15) is 47.1 Å². The van der Waals surface area contributed by atoms with Crippen LogP contribution in [0.2, 0.25) is 0 Å². The van der Waals surface area contributed by atoms with E-state index in [0.29, 0.717) is 23.4 Å². The van der Waals surface area contributed by atoms with Crippen molar-refractivity contribution < 1.29 is 9.59 Å². The highest BCUT2D eigenvalue weighted by Crippen LogP contribution is 2.13. The molecule has 5 heteroatoms. The number of amides is 2. The van der Waals surface area contributed by atoms with Gasteiger partial charge in [0, 0.05) is 28.9 Å². The topological polar surface area (TPSA) is 84.2 Å². The molecule has 0 atom stereocenters. The van der Waals surface area contributed by atoms with Gasteiger partial charge in [-0.05, 0) is 62.7 Å². The van der Waals surface area contributed by atoms with Crippen molar-refractivity contribution in [3.8, 4) is 0 Å². The van der Waals surface area contributed by atoms with E-state index in [9.17, 15) is 9.59 Å². The Balaban J connectivity index is 2.02. The summed E-state index contributed by atoms with van der Waals surface area (Å²) >= 11 is 0. The highest BCUT2D eigenvalue weighted by atomic mass is 16.2. The van der Waals surface area contributed by atoms with Gasteiger partial charge >= 0.3 is 0 Å². The molecule has 126 valence electrons. The van der Waals surface area contributed by atoms with Gasteiger partial charge in [0.1, 0.15) is 0 Å². The molecular formula is C19H23N3O2. The summed E-state index contributed by atoms with van der Waals surface area (Å²) in [5, 5.41) is 5.70. The average molecular weight is 325 g/mol. The van der Waals surface area contributed by atoms with E-state index >= 15 is 0 Å². The number of nitrogens with one attached hydrogen (secondary N) is 2. The largest absolute Gasteiger partial charge is 0.347 e. The lowest BCUT2D eigenvalue weighted by Gasteiger charge is -2.20. The minimum atomic E-state index is -0.292. The Morgan fingerprint density at radius 3 is 1.88 bits per heavy atom. The second kappa shape index (κ2) is 7.27. The zero-order valence-electron chi connectivity index (χ0n) is 14.2. The number of nitrogens with two attached hydrogens (primary N) is 1. The Bertz CT molecular complexity index is 714. The Hall–Kier alpha value is -2.66. The van der Waals surface area contributed by atoms with Crippen LogP contribution in [0, 0.1) is 0 Å². The summed E-state index contributed by atoms with van der Waals surface area (Å²) in [5.41, 5.74) is 7.97. The Labute approximate surface area is 142 Å². The fraction of sp³-hybridized carbons (Fsp3) is 0.263. The maximum absolute atomic E-state index is 12.2. The predicted octanol–water partition coefficient (Wildman–Crippen LogP) is 2.93. The summed E-state index contributed by atoms with van der Waals surface area (Å²) in [6.07, 6.45) is 0. The summed E-state index contributed by atoms with van der Waals surface area (Å²) in [6.45, 7) is 6.22. The van der Waals surface area contributed by atoms with Crippen molar-refractivity contribution in [2.75, 3.05) is 5.32 Å². The molecule has 2 aromatic carbocycles. The van der Waals surface area contributed by atoms with Gasteiger partial charge in [-0.2, -0.15) is 0 Å². The molecule has 0 aromatic heterocycles. The third kappa shape index (κ3) is 4.93. The molecule has 0 saturated carbocycles. The van der Waals surface area contributed by atoms with Crippen LogP contribution in [0.25, 0.3) is 0 Å². The molecule has 0 spiro atoms. The van der Waals surface area contributed by atoms with Crippen molar-refractivity contribution in [1.82, 2.24) is 5.32 Å². The van der Waals surface area contributed by atoms with Crippen LogP contribution in [0.15, 0.2) is 48.5 Å². The molecule has 0 aliphatic rings. The van der Waals surface area contributed by atoms with Gasteiger partial charge in [0.25, 0.3) is 11.8 Å². The molecule has 0 bridgehead atoms. The summed E-state index contributed by atoms with van der Waals surface area (Å²) in [7, 11) is 0. The molecule has 2 aromatic rings. The lowest BCUT2D eigenvalue weighted by Crippen LogP contribution is -2.40. The quantitative estimate of drug-likeness (QED) is 0.808. The number of benzene rings is 2. The van der Waals surface area contributed by atoms with Gasteiger partial charge in [0.2, 0.25) is 0 Å². The first-order valence-corrected chi connectivity index (χ1v) is 7.81. The van der Waals surface area contributed by atoms with Gasteiger partial charge in [0.05, 0.1) is 0 Å². The molecule has 0 unspecified atom stereocenters. The third-order valence-corrected chi connectivity index (χ3v) is 3.35. The standard InChI is InChI=1S/C19H23N3O2/c1-19(2,3)22-18(24)15-8-10-16(11-9-15)21-17(23)14-6-4-13(12-20)5-7-14/h4-11H,12,20H2,1-3H3,(H,21,23)(H,22,24). The first kappa shape index (κ1) is 17.7. The summed E-state index contributed by atoms with van der Waals surface area (Å²) in [4.78, 5) is 24.3. The third-order valence-electron chi connectivity index (χ3n) is 3.35. The van der Waals surface area contributed by atoms with E-state index in [1.807, 2.05) is 32.9 Å². The second-order valence-corrected chi connectivity index (χ2v) is 6.64. The molecule has 0 radical (unpaired) electrons. The molecule has 0 fully saturated rings. The minimum Gasteiger partial charge on any atom is -0.347 e. The zero-order chi connectivity index (χ0) is 17.7. The van der Waals surface area contributed by atoms with Crippen molar-refractivity contribution >= 4 is 17.5 Å². The van der Waals surface area contributed by atoms with E-state index in [1.165, 1.54) is 0 Å². The van der Waals surface area contributed by atoms with Gasteiger partial charge in [-0.15, -0.1) is 0 Å². The number of anilines is 1. The van der Waals surface area contributed by atoms with E-state index in [4.69, 9.17) is 5.73 Å². The second-order valence-electron chi connectivity index (χ2n) is 6.64. The van der Waals surface area contributed by atoms with Gasteiger partial charge in [-0.3, -0.25) is 9.59 Å². The van der Waals surface area contributed by atoms with Crippen LogP contribution in [0.3, 0.4) is 0 Å². The highest BCUT2D eigenvalue weighted by Gasteiger charge is 2.15. The van der Waals surface area contributed by atoms with Crippen LogP contribution in [0.4, 0.5) is 5.69 Å². The van der Waals surface area contributed by atoms with Crippen molar-refractivity contribution in [3.05, 3.63) is 65.2 Å². The molecule has 24 heavy (non-hydrogen) atoms. The van der Waals surface area contributed by atoms with Crippen LogP contribution in [-0.2, 0) is 6.54 Å². The van der Waals surface area contributed by atoms with Gasteiger partial charge in [-0.25, -0.2) is 0 Å². The maximum Gasteiger partial charge on any atom is 0.255 e. The summed E-state index contributed by atoms with van der Waals surface area (Å²) < 4.78 is 0. The Morgan fingerprint density at radius 1 is 0.875 bits per heavy atom. The molecule has 4 N–H and O–H groups in total. The monoisotopic (exact) mass is 325 g/mol. The van der Waals surface area contributed by atoms with Crippen LogP contribution >= 0.6 is 0 Å². The smallest absolute Gasteiger partial charge is 0.255 e. The van der Waals surface area contributed by atoms with E-state index in [-0.39, 0.29) is 17.4 Å². The molecule has 0 saturated heterocycles. The maximum atomic E-state index is 12.2. The number of rotatable bonds is 4. The molecule has 0 aliphatic carbocycles. The van der Waals surface area contributed by atoms with Crippen LogP contribution < -0.4 is 16.4 Å². The van der Waals surface area contributed by atoms with E-state index in [1.54, 1.807) is 36.4 Å². The van der Waals surface area contributed by atoms with Crippen molar-refractivity contribution in [2.45, 2.75) is 32.9 Å². The van der Waals surface area contributed by atoms with E-state index in [2.05, 4.69) is 10.6 Å².